The van der Waals surface area contributed by atoms with E-state index in [2.05, 4.69) is 18.7 Å². The van der Waals surface area contributed by atoms with Crippen LogP contribution in [0.1, 0.15) is 52.4 Å². The molecule has 2 unspecified atom stereocenters. The van der Waals surface area contributed by atoms with Gasteiger partial charge in [-0.15, -0.1) is 0 Å². The van der Waals surface area contributed by atoms with Crippen LogP contribution in [0.2, 0.25) is 0 Å². The topological polar surface area (TPSA) is 49.5 Å². The highest BCUT2D eigenvalue weighted by Gasteiger charge is 2.41. The Bertz CT molecular complexity index is 254. The van der Waals surface area contributed by atoms with E-state index < -0.39 is 0 Å². The monoisotopic (exact) mass is 226 g/mol. The number of hydrogen-bond acceptors (Lipinski definition) is 3. The van der Waals surface area contributed by atoms with E-state index in [1.165, 1.54) is 25.8 Å². The third-order valence-corrected chi connectivity index (χ3v) is 4.57. The van der Waals surface area contributed by atoms with Crippen molar-refractivity contribution >= 4 is 0 Å². The van der Waals surface area contributed by atoms with Gasteiger partial charge in [0.15, 0.2) is 0 Å². The number of aliphatic hydroxyl groups excluding tert-OH is 1. The number of nitrogens with zero attached hydrogens (tertiary/aromatic N) is 1. The molecule has 1 aliphatic carbocycles. The average Bonchev–Trinajstić information content (AvgIpc) is 2.58. The summed E-state index contributed by atoms with van der Waals surface area (Å²) in [6.07, 6.45) is 6.96. The van der Waals surface area contributed by atoms with E-state index in [1.807, 2.05) is 0 Å². The number of hydrogen-bond donors (Lipinski definition) is 2. The van der Waals surface area contributed by atoms with Crippen LogP contribution in [0, 0.1) is 0 Å². The molecule has 2 fully saturated rings. The number of aliphatic hydroxyl groups is 1. The number of rotatable bonds is 2. The van der Waals surface area contributed by atoms with Gasteiger partial charge in [0.2, 0.25) is 0 Å². The fraction of sp³-hybridized carbons (Fsp3) is 1.00. The molecule has 0 aromatic carbocycles. The molecule has 0 aromatic heterocycles. The molecule has 0 radical (unpaired) electrons. The lowest BCUT2D eigenvalue weighted by Gasteiger charge is -2.45. The van der Waals surface area contributed by atoms with Crippen molar-refractivity contribution in [3.8, 4) is 0 Å². The summed E-state index contributed by atoms with van der Waals surface area (Å²) < 4.78 is 0. The Morgan fingerprint density at radius 3 is 2.62 bits per heavy atom. The summed E-state index contributed by atoms with van der Waals surface area (Å²) in [7, 11) is 0. The molecule has 94 valence electrons. The zero-order valence-corrected chi connectivity index (χ0v) is 10.7. The Hall–Kier alpha value is -0.120. The van der Waals surface area contributed by atoms with Gasteiger partial charge in [-0.05, 0) is 58.9 Å². The van der Waals surface area contributed by atoms with Crippen LogP contribution < -0.4 is 5.73 Å². The fourth-order valence-electron chi connectivity index (χ4n) is 3.58. The molecular weight excluding hydrogens is 200 g/mol. The van der Waals surface area contributed by atoms with Gasteiger partial charge in [-0.1, -0.05) is 0 Å². The summed E-state index contributed by atoms with van der Waals surface area (Å²) in [5.41, 5.74) is 6.24. The highest BCUT2D eigenvalue weighted by molar-refractivity contribution is 4.99. The maximum atomic E-state index is 9.40. The van der Waals surface area contributed by atoms with Gasteiger partial charge in [0.05, 0.1) is 6.61 Å². The zero-order valence-electron chi connectivity index (χ0n) is 10.7. The van der Waals surface area contributed by atoms with Crippen LogP contribution in [-0.4, -0.2) is 40.3 Å². The van der Waals surface area contributed by atoms with Crippen LogP contribution in [0.15, 0.2) is 0 Å². The molecular formula is C13H26N2O. The van der Waals surface area contributed by atoms with Gasteiger partial charge < -0.3 is 10.8 Å². The van der Waals surface area contributed by atoms with Crippen LogP contribution in [0.25, 0.3) is 0 Å². The van der Waals surface area contributed by atoms with Crippen molar-refractivity contribution in [3.05, 3.63) is 0 Å². The first-order valence-electron chi connectivity index (χ1n) is 6.63. The van der Waals surface area contributed by atoms with Crippen LogP contribution in [0.4, 0.5) is 0 Å². The minimum atomic E-state index is -0.318. The first kappa shape index (κ1) is 12.3. The van der Waals surface area contributed by atoms with Gasteiger partial charge in [-0.3, -0.25) is 4.90 Å². The average molecular weight is 226 g/mol. The van der Waals surface area contributed by atoms with E-state index in [9.17, 15) is 5.11 Å². The fourth-order valence-corrected chi connectivity index (χ4v) is 3.58. The van der Waals surface area contributed by atoms with Gasteiger partial charge in [0, 0.05) is 17.1 Å². The second-order valence-electron chi connectivity index (χ2n) is 6.38. The Morgan fingerprint density at radius 2 is 2.06 bits per heavy atom. The minimum absolute atomic E-state index is 0.137. The Morgan fingerprint density at radius 1 is 1.31 bits per heavy atom. The molecule has 0 aromatic rings. The van der Waals surface area contributed by atoms with Crippen molar-refractivity contribution in [2.24, 2.45) is 5.73 Å². The van der Waals surface area contributed by atoms with Crippen molar-refractivity contribution in [1.29, 1.82) is 0 Å². The second-order valence-corrected chi connectivity index (χ2v) is 6.38. The van der Waals surface area contributed by atoms with E-state index in [4.69, 9.17) is 5.73 Å². The summed E-state index contributed by atoms with van der Waals surface area (Å²) in [6.45, 7) is 6.02. The Balaban J connectivity index is 2.04. The van der Waals surface area contributed by atoms with E-state index in [-0.39, 0.29) is 12.1 Å². The van der Waals surface area contributed by atoms with E-state index >= 15 is 0 Å². The molecule has 3 heteroatoms. The third kappa shape index (κ3) is 2.27. The smallest absolute Gasteiger partial charge is 0.0611 e. The van der Waals surface area contributed by atoms with E-state index in [0.29, 0.717) is 11.6 Å². The third-order valence-electron chi connectivity index (χ3n) is 4.57. The SMILES string of the molecule is CC1(C)CCCN1C1CCCC(N)(CO)C1. The summed E-state index contributed by atoms with van der Waals surface area (Å²) in [5, 5.41) is 9.40. The van der Waals surface area contributed by atoms with Gasteiger partial charge >= 0.3 is 0 Å². The molecule has 1 aliphatic heterocycles. The van der Waals surface area contributed by atoms with Crippen LogP contribution in [-0.2, 0) is 0 Å². The van der Waals surface area contributed by atoms with E-state index in [0.717, 1.165) is 19.3 Å². The standard InChI is InChI=1S/C13H26N2O/c1-12(2)6-4-8-15(12)11-5-3-7-13(14,9-11)10-16/h11,16H,3-10,14H2,1-2H3. The molecule has 0 spiro atoms. The van der Waals surface area contributed by atoms with Crippen molar-refractivity contribution in [1.82, 2.24) is 4.90 Å². The Labute approximate surface area is 99.0 Å². The van der Waals surface area contributed by atoms with Gasteiger partial charge in [-0.25, -0.2) is 0 Å². The van der Waals surface area contributed by atoms with Gasteiger partial charge in [0.25, 0.3) is 0 Å². The Kier molecular flexibility index (Phi) is 3.30. The van der Waals surface area contributed by atoms with E-state index in [1.54, 1.807) is 0 Å². The molecule has 3 N–H and O–H groups in total. The quantitative estimate of drug-likeness (QED) is 0.750. The molecule has 1 heterocycles. The molecule has 0 amide bonds. The normalized spacial score (nSPS) is 40.1. The summed E-state index contributed by atoms with van der Waals surface area (Å²) in [5.74, 6) is 0. The lowest BCUT2D eigenvalue weighted by Crippen LogP contribution is -2.55. The molecule has 2 atom stereocenters. The minimum Gasteiger partial charge on any atom is -0.394 e. The number of likely N-dealkylation sites (tertiary alicyclic amines) is 1. The molecule has 2 aliphatic rings. The van der Waals surface area contributed by atoms with Crippen molar-refractivity contribution in [3.63, 3.8) is 0 Å². The van der Waals surface area contributed by atoms with Crippen LogP contribution in [0.5, 0.6) is 0 Å². The first-order chi connectivity index (χ1) is 7.47. The molecule has 2 rings (SSSR count). The lowest BCUT2D eigenvalue weighted by molar-refractivity contribution is 0.0461. The first-order valence-corrected chi connectivity index (χ1v) is 6.63. The maximum absolute atomic E-state index is 9.40. The molecule has 1 saturated carbocycles. The highest BCUT2D eigenvalue weighted by Crippen LogP contribution is 2.37. The highest BCUT2D eigenvalue weighted by atomic mass is 16.3. The predicted octanol–water partition coefficient (Wildman–Crippen LogP) is 1.49. The summed E-state index contributed by atoms with van der Waals surface area (Å²) in [6, 6.07) is 0.586. The van der Waals surface area contributed by atoms with Crippen molar-refractivity contribution < 1.29 is 5.11 Å². The lowest BCUT2D eigenvalue weighted by atomic mass is 9.79. The van der Waals surface area contributed by atoms with Crippen LogP contribution >= 0.6 is 0 Å². The molecule has 3 nitrogen and oxygen atoms in total. The number of nitrogens with two attached hydrogens (primary N) is 1. The predicted molar refractivity (Wildman–Crippen MR) is 66.3 cm³/mol. The van der Waals surface area contributed by atoms with Crippen molar-refractivity contribution in [2.75, 3.05) is 13.2 Å². The van der Waals surface area contributed by atoms with Crippen molar-refractivity contribution in [2.45, 2.75) is 69.5 Å². The molecule has 1 saturated heterocycles. The second kappa shape index (κ2) is 4.28. The van der Waals surface area contributed by atoms with Crippen LogP contribution in [0.3, 0.4) is 0 Å². The van der Waals surface area contributed by atoms with Gasteiger partial charge in [0.1, 0.15) is 0 Å². The zero-order chi connectivity index (χ0) is 11.8. The molecule has 0 bridgehead atoms. The molecule has 16 heavy (non-hydrogen) atoms. The maximum Gasteiger partial charge on any atom is 0.0611 e. The summed E-state index contributed by atoms with van der Waals surface area (Å²) in [4.78, 5) is 2.63. The van der Waals surface area contributed by atoms with Gasteiger partial charge in [-0.2, -0.15) is 0 Å². The largest absolute Gasteiger partial charge is 0.394 e. The summed E-state index contributed by atoms with van der Waals surface area (Å²) >= 11 is 0.